The Labute approximate surface area is 162 Å². The first kappa shape index (κ1) is 18.3. The number of piperidine rings is 1. The SMILES string of the molecule is COc1ccc2c(c1)C13CCN(CC4CCC4)C(C2)C1CCC(=O)C3.Cl. The molecule has 3 atom stereocenters. The number of carbonyl (C=O) groups is 1. The maximum atomic E-state index is 12.4. The number of fused-ring (bicyclic) bond motifs is 1. The maximum absolute atomic E-state index is 12.4. The number of nitrogens with zero attached hydrogens (tertiary/aromatic N) is 1. The molecule has 0 aromatic heterocycles. The molecule has 2 saturated carbocycles. The summed E-state index contributed by atoms with van der Waals surface area (Å²) in [4.78, 5) is 15.2. The van der Waals surface area contributed by atoms with Gasteiger partial charge in [-0.1, -0.05) is 12.5 Å². The van der Waals surface area contributed by atoms with Gasteiger partial charge in [-0.05, 0) is 73.7 Å². The van der Waals surface area contributed by atoms with Crippen molar-refractivity contribution in [3.8, 4) is 5.75 Å². The largest absolute Gasteiger partial charge is 0.497 e. The highest BCUT2D eigenvalue weighted by atomic mass is 35.5. The minimum atomic E-state index is 0. The molecule has 5 rings (SSSR count). The van der Waals surface area contributed by atoms with Crippen molar-refractivity contribution >= 4 is 18.2 Å². The van der Waals surface area contributed by atoms with E-state index in [0.717, 1.165) is 43.8 Å². The molecular formula is C22H30ClNO2. The molecule has 0 radical (unpaired) electrons. The first-order valence-electron chi connectivity index (χ1n) is 10.1. The number of hydrogen-bond donors (Lipinski definition) is 0. The van der Waals surface area contributed by atoms with E-state index in [1.807, 2.05) is 0 Å². The van der Waals surface area contributed by atoms with Crippen LogP contribution in [0.5, 0.6) is 5.75 Å². The summed E-state index contributed by atoms with van der Waals surface area (Å²) in [5.74, 6) is 2.99. The average molecular weight is 376 g/mol. The lowest BCUT2D eigenvalue weighted by molar-refractivity contribution is -0.127. The second kappa shape index (κ2) is 6.83. The Hall–Kier alpha value is -1.06. The molecule has 3 fully saturated rings. The molecule has 3 aliphatic carbocycles. The van der Waals surface area contributed by atoms with Crippen molar-refractivity contribution in [3.05, 3.63) is 29.3 Å². The number of ketones is 1. The van der Waals surface area contributed by atoms with Gasteiger partial charge in [-0.25, -0.2) is 0 Å². The third kappa shape index (κ3) is 2.70. The average Bonchev–Trinajstić information content (AvgIpc) is 2.58. The fraction of sp³-hybridized carbons (Fsp3) is 0.682. The molecule has 1 aromatic rings. The van der Waals surface area contributed by atoms with Crippen LogP contribution in [0.25, 0.3) is 0 Å². The van der Waals surface area contributed by atoms with E-state index in [1.165, 1.54) is 43.5 Å². The van der Waals surface area contributed by atoms with Crippen molar-refractivity contribution in [2.24, 2.45) is 11.8 Å². The quantitative estimate of drug-likeness (QED) is 0.794. The monoisotopic (exact) mass is 375 g/mol. The van der Waals surface area contributed by atoms with Gasteiger partial charge in [0.2, 0.25) is 0 Å². The molecule has 1 heterocycles. The van der Waals surface area contributed by atoms with E-state index in [1.54, 1.807) is 7.11 Å². The van der Waals surface area contributed by atoms with E-state index in [0.29, 0.717) is 17.7 Å². The summed E-state index contributed by atoms with van der Waals surface area (Å²) in [5.41, 5.74) is 2.98. The van der Waals surface area contributed by atoms with Crippen molar-refractivity contribution in [1.82, 2.24) is 4.90 Å². The fourth-order valence-corrected chi connectivity index (χ4v) is 6.25. The third-order valence-electron chi connectivity index (χ3n) is 7.74. The summed E-state index contributed by atoms with van der Waals surface area (Å²) in [5, 5.41) is 0. The van der Waals surface area contributed by atoms with E-state index < -0.39 is 0 Å². The number of benzene rings is 1. The van der Waals surface area contributed by atoms with Crippen LogP contribution in [0.2, 0.25) is 0 Å². The number of carbonyl (C=O) groups excluding carboxylic acids is 1. The molecular weight excluding hydrogens is 346 g/mol. The van der Waals surface area contributed by atoms with Crippen LogP contribution in [0.15, 0.2) is 18.2 Å². The number of rotatable bonds is 3. The molecule has 26 heavy (non-hydrogen) atoms. The van der Waals surface area contributed by atoms with E-state index in [2.05, 4.69) is 23.1 Å². The van der Waals surface area contributed by atoms with Crippen LogP contribution in [0.4, 0.5) is 0 Å². The number of hydrogen-bond acceptors (Lipinski definition) is 3. The van der Waals surface area contributed by atoms with Gasteiger partial charge in [-0.2, -0.15) is 0 Å². The predicted octanol–water partition coefficient (Wildman–Crippen LogP) is 4.15. The first-order chi connectivity index (χ1) is 12.2. The van der Waals surface area contributed by atoms with Crippen molar-refractivity contribution in [2.75, 3.05) is 20.2 Å². The van der Waals surface area contributed by atoms with Crippen LogP contribution in [0, 0.1) is 11.8 Å². The van der Waals surface area contributed by atoms with E-state index >= 15 is 0 Å². The number of Topliss-reactive ketones (excluding diaryl/α,β-unsaturated/α-hetero) is 1. The zero-order valence-electron chi connectivity index (χ0n) is 15.7. The number of halogens is 1. The molecule has 4 heteroatoms. The number of ether oxygens (including phenoxy) is 1. The van der Waals surface area contributed by atoms with E-state index in [-0.39, 0.29) is 17.8 Å². The van der Waals surface area contributed by atoms with Crippen LogP contribution in [0.1, 0.15) is 56.1 Å². The third-order valence-corrected chi connectivity index (χ3v) is 7.74. The van der Waals surface area contributed by atoms with Crippen LogP contribution in [0.3, 0.4) is 0 Å². The second-order valence-electron chi connectivity index (χ2n) is 8.85. The summed E-state index contributed by atoms with van der Waals surface area (Å²) >= 11 is 0. The fourth-order valence-electron chi connectivity index (χ4n) is 6.25. The molecule has 142 valence electrons. The number of likely N-dealkylation sites (tertiary alicyclic amines) is 1. The van der Waals surface area contributed by atoms with Gasteiger partial charge in [0, 0.05) is 30.8 Å². The molecule has 0 spiro atoms. The van der Waals surface area contributed by atoms with Crippen molar-refractivity contribution < 1.29 is 9.53 Å². The maximum Gasteiger partial charge on any atom is 0.133 e. The molecule has 2 bridgehead atoms. The molecule has 4 aliphatic rings. The molecule has 1 aliphatic heterocycles. The molecule has 0 N–H and O–H groups in total. The van der Waals surface area contributed by atoms with Gasteiger partial charge < -0.3 is 4.74 Å². The highest BCUT2D eigenvalue weighted by Gasteiger charge is 2.55. The normalized spacial score (nSPS) is 33.5. The topological polar surface area (TPSA) is 29.5 Å². The van der Waals surface area contributed by atoms with Crippen LogP contribution in [-0.2, 0) is 16.6 Å². The van der Waals surface area contributed by atoms with Gasteiger partial charge in [0.15, 0.2) is 0 Å². The van der Waals surface area contributed by atoms with Crippen LogP contribution < -0.4 is 4.74 Å². The Morgan fingerprint density at radius 2 is 2.12 bits per heavy atom. The van der Waals surface area contributed by atoms with E-state index in [4.69, 9.17) is 4.74 Å². The first-order valence-corrected chi connectivity index (χ1v) is 10.1. The highest BCUT2D eigenvalue weighted by Crippen LogP contribution is 2.55. The summed E-state index contributed by atoms with van der Waals surface area (Å²) in [6.45, 7) is 2.46. The zero-order valence-corrected chi connectivity index (χ0v) is 16.5. The van der Waals surface area contributed by atoms with Gasteiger partial charge in [-0.15, -0.1) is 12.4 Å². The minimum Gasteiger partial charge on any atom is -0.497 e. The summed E-state index contributed by atoms with van der Waals surface area (Å²) in [6, 6.07) is 7.26. The molecule has 3 unspecified atom stereocenters. The molecule has 3 nitrogen and oxygen atoms in total. The molecule has 1 aromatic carbocycles. The lowest BCUT2D eigenvalue weighted by atomic mass is 9.52. The zero-order chi connectivity index (χ0) is 17.0. The van der Waals surface area contributed by atoms with E-state index in [9.17, 15) is 4.79 Å². The Morgan fingerprint density at radius 1 is 1.27 bits per heavy atom. The summed E-state index contributed by atoms with van der Waals surface area (Å²) in [6.07, 6.45) is 9.20. The van der Waals surface area contributed by atoms with Crippen molar-refractivity contribution in [3.63, 3.8) is 0 Å². The standard InChI is InChI=1S/C22H29NO2.ClH/c1-25-18-7-5-16-11-21-19-8-6-17(24)13-22(19,20(16)12-18)9-10-23(21)14-15-3-2-4-15;/h5,7,12,15,19,21H,2-4,6,8-11,13-14H2,1H3;1H. The summed E-state index contributed by atoms with van der Waals surface area (Å²) in [7, 11) is 1.75. The molecule has 0 amide bonds. The van der Waals surface area contributed by atoms with Crippen molar-refractivity contribution in [1.29, 1.82) is 0 Å². The minimum absolute atomic E-state index is 0. The Bertz CT molecular complexity index is 701. The predicted molar refractivity (Wildman–Crippen MR) is 105 cm³/mol. The molecule has 1 saturated heterocycles. The lowest BCUT2D eigenvalue weighted by Crippen LogP contribution is -2.62. The van der Waals surface area contributed by atoms with Crippen LogP contribution in [-0.4, -0.2) is 36.9 Å². The van der Waals surface area contributed by atoms with Gasteiger partial charge in [-0.3, -0.25) is 9.69 Å². The number of methoxy groups -OCH3 is 1. The lowest BCUT2D eigenvalue weighted by Gasteiger charge is -2.59. The van der Waals surface area contributed by atoms with Gasteiger partial charge in [0.05, 0.1) is 7.11 Å². The van der Waals surface area contributed by atoms with Gasteiger partial charge >= 0.3 is 0 Å². The highest BCUT2D eigenvalue weighted by molar-refractivity contribution is 5.85. The smallest absolute Gasteiger partial charge is 0.133 e. The van der Waals surface area contributed by atoms with Crippen LogP contribution >= 0.6 is 12.4 Å². The summed E-state index contributed by atoms with van der Waals surface area (Å²) < 4.78 is 5.52. The van der Waals surface area contributed by atoms with Crippen molar-refractivity contribution in [2.45, 2.75) is 62.8 Å². The van der Waals surface area contributed by atoms with Gasteiger partial charge in [0.1, 0.15) is 11.5 Å². The Kier molecular flexibility index (Phi) is 4.81. The van der Waals surface area contributed by atoms with Gasteiger partial charge in [0.25, 0.3) is 0 Å². The Balaban J connectivity index is 0.00000168. The Morgan fingerprint density at radius 3 is 2.85 bits per heavy atom. The second-order valence-corrected chi connectivity index (χ2v) is 8.85.